The molecule has 36 heavy (non-hydrogen) atoms. The van der Waals surface area contributed by atoms with Crippen molar-refractivity contribution in [2.24, 2.45) is 0 Å². The van der Waals surface area contributed by atoms with Gasteiger partial charge in [-0.1, -0.05) is 24.3 Å². The van der Waals surface area contributed by atoms with E-state index in [1.54, 1.807) is 0 Å². The van der Waals surface area contributed by atoms with E-state index in [9.17, 15) is 9.90 Å². The van der Waals surface area contributed by atoms with Crippen LogP contribution in [0.3, 0.4) is 0 Å². The molecule has 3 heterocycles. The van der Waals surface area contributed by atoms with Gasteiger partial charge in [-0.15, -0.1) is 0 Å². The van der Waals surface area contributed by atoms with E-state index in [4.69, 9.17) is 14.5 Å². The van der Waals surface area contributed by atoms with Gasteiger partial charge >= 0.3 is 5.97 Å². The molecular weight excluding hydrogens is 452 g/mol. The fourth-order valence-electron chi connectivity index (χ4n) is 5.81. The molecule has 0 amide bonds. The van der Waals surface area contributed by atoms with Crippen LogP contribution >= 0.6 is 0 Å². The molecule has 6 rings (SSSR count). The molecule has 0 fully saturated rings. The van der Waals surface area contributed by atoms with E-state index >= 15 is 0 Å². The molecule has 0 unspecified atom stereocenters. The molecule has 6 nitrogen and oxygen atoms in total. The van der Waals surface area contributed by atoms with Gasteiger partial charge in [0.05, 0.1) is 17.7 Å². The molecule has 2 aliphatic heterocycles. The van der Waals surface area contributed by atoms with Gasteiger partial charge in [0.2, 0.25) is 0 Å². The second kappa shape index (κ2) is 8.29. The Hall–Kier alpha value is -3.48. The van der Waals surface area contributed by atoms with E-state index in [1.165, 1.54) is 11.1 Å². The number of benzene rings is 3. The summed E-state index contributed by atoms with van der Waals surface area (Å²) in [6, 6.07) is 14.4. The molecule has 1 atom stereocenters. The van der Waals surface area contributed by atoms with Crippen LogP contribution in [0.4, 0.5) is 0 Å². The number of rotatable bonds is 4. The Morgan fingerprint density at radius 3 is 2.58 bits per heavy atom. The molecule has 0 saturated carbocycles. The molecule has 4 aromatic rings. The highest BCUT2D eigenvalue weighted by atomic mass is 16.5. The zero-order valence-corrected chi connectivity index (χ0v) is 21.1. The minimum atomic E-state index is -1.12. The van der Waals surface area contributed by atoms with E-state index in [2.05, 4.69) is 36.2 Å². The Morgan fingerprint density at radius 1 is 1.08 bits per heavy atom. The summed E-state index contributed by atoms with van der Waals surface area (Å²) in [6.45, 7) is 7.77. The second-order valence-electron chi connectivity index (χ2n) is 10.8. The van der Waals surface area contributed by atoms with E-state index in [0.717, 1.165) is 62.6 Å². The summed E-state index contributed by atoms with van der Waals surface area (Å²) in [7, 11) is 2.07. The third-order valence-corrected chi connectivity index (χ3v) is 7.13. The molecule has 2 aliphatic rings. The first kappa shape index (κ1) is 23.0. The number of carboxylic acids is 1. The van der Waals surface area contributed by atoms with Gasteiger partial charge in [0.1, 0.15) is 5.75 Å². The Bertz CT molecular complexity index is 1530. The number of aliphatic carboxylic acids is 1. The average Bonchev–Trinajstić information content (AvgIpc) is 3.23. The number of pyridine rings is 1. The van der Waals surface area contributed by atoms with Gasteiger partial charge in [-0.05, 0) is 79.0 Å². The zero-order valence-electron chi connectivity index (χ0n) is 21.1. The molecule has 6 heteroatoms. The molecule has 1 N–H and O–H groups in total. The maximum Gasteiger partial charge on any atom is 0.337 e. The largest absolute Gasteiger partial charge is 0.493 e. The number of carbonyl (C=O) groups is 1. The molecule has 0 radical (unpaired) electrons. The lowest BCUT2D eigenvalue weighted by Crippen LogP contribution is -2.28. The molecule has 0 aliphatic carbocycles. The average molecular weight is 483 g/mol. The highest BCUT2D eigenvalue weighted by molar-refractivity contribution is 6.10. The number of fused-ring (bicyclic) bond motifs is 3. The number of carboxylic acid groups (broad SMARTS) is 1. The monoisotopic (exact) mass is 482 g/mol. The summed E-state index contributed by atoms with van der Waals surface area (Å²) < 4.78 is 12.3. The van der Waals surface area contributed by atoms with Gasteiger partial charge in [0.15, 0.2) is 6.10 Å². The Morgan fingerprint density at radius 2 is 1.83 bits per heavy atom. The smallest absolute Gasteiger partial charge is 0.337 e. The minimum Gasteiger partial charge on any atom is -0.493 e. The van der Waals surface area contributed by atoms with Gasteiger partial charge in [-0.25, -0.2) is 4.79 Å². The quantitative estimate of drug-likeness (QED) is 0.392. The number of hydrogen-bond donors (Lipinski definition) is 1. The van der Waals surface area contributed by atoms with Crippen LogP contribution in [0.1, 0.15) is 49.1 Å². The first-order chi connectivity index (χ1) is 17.2. The van der Waals surface area contributed by atoms with Crippen molar-refractivity contribution < 1.29 is 19.4 Å². The van der Waals surface area contributed by atoms with Crippen molar-refractivity contribution in [3.63, 3.8) is 0 Å². The van der Waals surface area contributed by atoms with Crippen LogP contribution in [0.2, 0.25) is 0 Å². The van der Waals surface area contributed by atoms with Gasteiger partial charge in [-0.2, -0.15) is 0 Å². The van der Waals surface area contributed by atoms with Crippen molar-refractivity contribution in [2.75, 3.05) is 13.7 Å². The molecule has 3 aromatic carbocycles. The van der Waals surface area contributed by atoms with E-state index in [-0.39, 0.29) is 0 Å². The Balaban J connectivity index is 1.77. The van der Waals surface area contributed by atoms with Crippen LogP contribution in [0, 0.1) is 0 Å². The zero-order chi connectivity index (χ0) is 25.2. The van der Waals surface area contributed by atoms with Gasteiger partial charge in [0.25, 0.3) is 0 Å². The molecule has 184 valence electrons. The lowest BCUT2D eigenvalue weighted by molar-refractivity contribution is -0.160. The number of nitrogens with zero attached hydrogens (tertiary/aromatic N) is 2. The van der Waals surface area contributed by atoms with Crippen LogP contribution in [0.15, 0.2) is 48.7 Å². The highest BCUT2D eigenvalue weighted by Gasteiger charge is 2.36. The van der Waals surface area contributed by atoms with Crippen LogP contribution in [-0.4, -0.2) is 40.2 Å². The molecule has 1 aromatic heterocycles. The maximum atomic E-state index is 12.8. The molecule has 0 bridgehead atoms. The van der Waals surface area contributed by atoms with E-state index in [1.807, 2.05) is 45.2 Å². The summed E-state index contributed by atoms with van der Waals surface area (Å²) in [5, 5.41) is 13.7. The topological polar surface area (TPSA) is 71.9 Å². The van der Waals surface area contributed by atoms with Crippen molar-refractivity contribution in [1.29, 1.82) is 0 Å². The highest BCUT2D eigenvalue weighted by Crippen LogP contribution is 2.48. The summed E-state index contributed by atoms with van der Waals surface area (Å²) in [5.74, 6) is -0.159. The summed E-state index contributed by atoms with van der Waals surface area (Å²) >= 11 is 0. The molecule has 0 spiro atoms. The van der Waals surface area contributed by atoms with Crippen LogP contribution in [0.5, 0.6) is 5.75 Å². The normalized spacial score (nSPS) is 16.2. The van der Waals surface area contributed by atoms with E-state index < -0.39 is 17.7 Å². The fourth-order valence-corrected chi connectivity index (χ4v) is 5.81. The van der Waals surface area contributed by atoms with Gasteiger partial charge in [-0.3, -0.25) is 9.88 Å². The summed E-state index contributed by atoms with van der Waals surface area (Å²) in [5.41, 5.74) is 6.14. The maximum absolute atomic E-state index is 12.8. The summed E-state index contributed by atoms with van der Waals surface area (Å²) in [4.78, 5) is 19.9. The molecular formula is C30H30N2O4. The van der Waals surface area contributed by atoms with Crippen molar-refractivity contribution in [1.82, 2.24) is 9.88 Å². The van der Waals surface area contributed by atoms with Gasteiger partial charge < -0.3 is 14.6 Å². The first-order valence-electron chi connectivity index (χ1n) is 12.4. The lowest BCUT2D eigenvalue weighted by Gasteiger charge is -2.29. The Kier molecular flexibility index (Phi) is 5.28. The third kappa shape index (κ3) is 3.64. The number of ether oxygens (including phenoxy) is 2. The predicted molar refractivity (Wildman–Crippen MR) is 140 cm³/mol. The number of aromatic nitrogens is 1. The standard InChI is InChI=1S/C30H30N2O4/c1-30(2,3)36-28(29(33)34)26-22-16-32(4)15-21(22)18-7-5-6-8-19(18)25(26)20-9-10-23-24-17(12-14-35-23)11-13-31-27(20)24/h5-11,13,28H,12,14-16H2,1-4H3,(H,33,34)/t28-/m0/s1. The van der Waals surface area contributed by atoms with Crippen LogP contribution < -0.4 is 4.74 Å². The van der Waals surface area contributed by atoms with Crippen LogP contribution in [-0.2, 0) is 29.0 Å². The molecule has 0 saturated heterocycles. The second-order valence-corrected chi connectivity index (χ2v) is 10.8. The third-order valence-electron chi connectivity index (χ3n) is 7.13. The van der Waals surface area contributed by atoms with Crippen molar-refractivity contribution >= 4 is 27.6 Å². The lowest BCUT2D eigenvalue weighted by atomic mass is 9.83. The van der Waals surface area contributed by atoms with E-state index in [0.29, 0.717) is 13.2 Å². The van der Waals surface area contributed by atoms with Crippen molar-refractivity contribution in [3.05, 3.63) is 70.9 Å². The predicted octanol–water partition coefficient (Wildman–Crippen LogP) is 5.88. The number of hydrogen-bond acceptors (Lipinski definition) is 5. The Labute approximate surface area is 210 Å². The van der Waals surface area contributed by atoms with Gasteiger partial charge in [0, 0.05) is 42.2 Å². The van der Waals surface area contributed by atoms with Crippen molar-refractivity contribution in [3.8, 4) is 16.9 Å². The van der Waals surface area contributed by atoms with Crippen molar-refractivity contribution in [2.45, 2.75) is 52.0 Å². The summed E-state index contributed by atoms with van der Waals surface area (Å²) in [6.07, 6.45) is 1.55. The fraction of sp³-hybridized carbons (Fsp3) is 0.333. The van der Waals surface area contributed by atoms with Crippen LogP contribution in [0.25, 0.3) is 32.8 Å². The first-order valence-corrected chi connectivity index (χ1v) is 12.4. The minimum absolute atomic E-state index is 0.643. The SMILES string of the molecule is CN1Cc2c([C@H](OC(C)(C)C)C(=O)O)c(-c3ccc4c5c(ccnc35)CCO4)c3ccccc3c2C1.